The van der Waals surface area contributed by atoms with Gasteiger partial charge in [0, 0.05) is 31.5 Å². The van der Waals surface area contributed by atoms with Gasteiger partial charge in [0.05, 0.1) is 0 Å². The lowest BCUT2D eigenvalue weighted by molar-refractivity contribution is -0.142. The molecule has 10 heteroatoms. The monoisotopic (exact) mass is 339 g/mol. The Bertz CT molecular complexity index is 618. The van der Waals surface area contributed by atoms with Crippen LogP contribution in [0.2, 0.25) is 0 Å². The van der Waals surface area contributed by atoms with Crippen molar-refractivity contribution in [3.8, 4) is 0 Å². The number of anilines is 1. The van der Waals surface area contributed by atoms with Crippen molar-refractivity contribution in [3.05, 3.63) is 16.8 Å². The first-order valence-electron chi connectivity index (χ1n) is 6.83. The number of halogens is 5. The first kappa shape index (κ1) is 17.4. The number of aromatic carboxylic acids is 1. The summed E-state index contributed by atoms with van der Waals surface area (Å²) in [5.41, 5.74) is -2.62. The molecule has 5 nitrogen and oxygen atoms in total. The first-order chi connectivity index (χ1) is 10.5. The van der Waals surface area contributed by atoms with Gasteiger partial charge < -0.3 is 10.0 Å². The minimum atomic E-state index is -4.84. The van der Waals surface area contributed by atoms with Gasteiger partial charge in [-0.1, -0.05) is 0 Å². The largest absolute Gasteiger partial charge is 0.478 e. The van der Waals surface area contributed by atoms with Crippen LogP contribution in [0.15, 0.2) is 0 Å². The quantitative estimate of drug-likeness (QED) is 0.839. The summed E-state index contributed by atoms with van der Waals surface area (Å²) in [6, 6.07) is 0. The molecule has 1 N–H and O–H groups in total. The summed E-state index contributed by atoms with van der Waals surface area (Å²) in [5, 5.41) is 15.7. The summed E-state index contributed by atoms with van der Waals surface area (Å²) in [7, 11) is 0. The number of rotatable bonds is 2. The summed E-state index contributed by atoms with van der Waals surface area (Å²) in [4.78, 5) is 12.6. The average Bonchev–Trinajstić information content (AvgIpc) is 2.57. The maximum absolute atomic E-state index is 13.4. The van der Waals surface area contributed by atoms with E-state index in [0.717, 1.165) is 6.92 Å². The molecule has 0 radical (unpaired) electrons. The Hall–Kier alpha value is -2.00. The molecule has 1 aromatic rings. The van der Waals surface area contributed by atoms with Crippen LogP contribution in [0.1, 0.15) is 40.9 Å². The molecule has 128 valence electrons. The summed E-state index contributed by atoms with van der Waals surface area (Å²) in [6.45, 7) is 0.860. The van der Waals surface area contributed by atoms with E-state index < -0.39 is 41.3 Å². The summed E-state index contributed by atoms with van der Waals surface area (Å²) >= 11 is 0. The van der Waals surface area contributed by atoms with Crippen molar-refractivity contribution in [1.82, 2.24) is 10.2 Å². The van der Waals surface area contributed by atoms with E-state index in [-0.39, 0.29) is 31.7 Å². The van der Waals surface area contributed by atoms with Gasteiger partial charge in [-0.15, -0.1) is 10.2 Å². The molecule has 23 heavy (non-hydrogen) atoms. The summed E-state index contributed by atoms with van der Waals surface area (Å²) in [6.07, 6.45) is -5.65. The van der Waals surface area contributed by atoms with Crippen molar-refractivity contribution >= 4 is 11.8 Å². The minimum Gasteiger partial charge on any atom is -0.478 e. The smallest absolute Gasteiger partial charge is 0.435 e. The molecule has 1 fully saturated rings. The standard InChI is InChI=1S/C13H14F5N3O2/c1-7-8(11(22)23)10(20-19-9(7)13(16,17)18)21-5-2-3-12(14,15)4-6-21/h2-6H2,1H3,(H,22,23). The molecule has 0 aliphatic carbocycles. The molecule has 2 heterocycles. The lowest BCUT2D eigenvalue weighted by atomic mass is 10.1. The van der Waals surface area contributed by atoms with Crippen molar-refractivity contribution in [2.45, 2.75) is 38.3 Å². The third-order valence-corrected chi connectivity index (χ3v) is 3.70. The van der Waals surface area contributed by atoms with Crippen LogP contribution >= 0.6 is 0 Å². The molecule has 2 rings (SSSR count). The van der Waals surface area contributed by atoms with Crippen LogP contribution < -0.4 is 4.90 Å². The third-order valence-electron chi connectivity index (χ3n) is 3.70. The number of hydrogen-bond acceptors (Lipinski definition) is 4. The van der Waals surface area contributed by atoms with Gasteiger partial charge in [0.2, 0.25) is 5.92 Å². The van der Waals surface area contributed by atoms with Gasteiger partial charge >= 0.3 is 12.1 Å². The van der Waals surface area contributed by atoms with Crippen LogP contribution in [-0.2, 0) is 6.18 Å². The van der Waals surface area contributed by atoms with Crippen LogP contribution in [0.4, 0.5) is 27.8 Å². The van der Waals surface area contributed by atoms with Gasteiger partial charge in [-0.3, -0.25) is 0 Å². The van der Waals surface area contributed by atoms with Gasteiger partial charge in [-0.05, 0) is 13.3 Å². The predicted octanol–water partition coefficient (Wildman–Crippen LogP) is 3.13. The van der Waals surface area contributed by atoms with Crippen LogP contribution in [0.5, 0.6) is 0 Å². The van der Waals surface area contributed by atoms with Crippen LogP contribution in [0.3, 0.4) is 0 Å². The molecule has 0 spiro atoms. The van der Waals surface area contributed by atoms with E-state index >= 15 is 0 Å². The molecule has 1 aromatic heterocycles. The van der Waals surface area contributed by atoms with Crippen molar-refractivity contribution in [1.29, 1.82) is 0 Å². The number of carbonyl (C=O) groups is 1. The fraction of sp³-hybridized carbons (Fsp3) is 0.615. The van der Waals surface area contributed by atoms with Crippen molar-refractivity contribution in [2.75, 3.05) is 18.0 Å². The topological polar surface area (TPSA) is 66.3 Å². The number of carboxylic acid groups (broad SMARTS) is 1. The Balaban J connectivity index is 2.47. The zero-order valence-electron chi connectivity index (χ0n) is 12.1. The van der Waals surface area contributed by atoms with E-state index in [4.69, 9.17) is 0 Å². The lowest BCUT2D eigenvalue weighted by Gasteiger charge is -2.24. The normalized spacial score (nSPS) is 18.6. The van der Waals surface area contributed by atoms with E-state index in [2.05, 4.69) is 10.2 Å². The third kappa shape index (κ3) is 3.67. The van der Waals surface area contributed by atoms with E-state index in [0.29, 0.717) is 0 Å². The average molecular weight is 339 g/mol. The van der Waals surface area contributed by atoms with Crippen LogP contribution in [0, 0.1) is 6.92 Å². The van der Waals surface area contributed by atoms with Gasteiger partial charge in [-0.2, -0.15) is 13.2 Å². The maximum atomic E-state index is 13.4. The van der Waals surface area contributed by atoms with E-state index in [1.54, 1.807) is 0 Å². The highest BCUT2D eigenvalue weighted by Gasteiger charge is 2.39. The molecule has 1 aliphatic rings. The molecule has 0 aromatic carbocycles. The molecule has 0 bridgehead atoms. The van der Waals surface area contributed by atoms with Crippen molar-refractivity contribution < 1.29 is 31.9 Å². The SMILES string of the molecule is Cc1c(C(F)(F)F)nnc(N2CCCC(F)(F)CC2)c1C(=O)O. The second-order valence-corrected chi connectivity index (χ2v) is 5.37. The van der Waals surface area contributed by atoms with Gasteiger partial charge in [0.15, 0.2) is 11.5 Å². The lowest BCUT2D eigenvalue weighted by Crippen LogP contribution is -2.30. The highest BCUT2D eigenvalue weighted by Crippen LogP contribution is 2.35. The van der Waals surface area contributed by atoms with E-state index in [9.17, 15) is 31.9 Å². The first-order valence-corrected chi connectivity index (χ1v) is 6.83. The van der Waals surface area contributed by atoms with Crippen molar-refractivity contribution in [2.24, 2.45) is 0 Å². The molecule has 0 unspecified atom stereocenters. The Morgan fingerprint density at radius 1 is 1.22 bits per heavy atom. The minimum absolute atomic E-state index is 0.0772. The Morgan fingerprint density at radius 2 is 1.87 bits per heavy atom. The molecule has 1 saturated heterocycles. The van der Waals surface area contributed by atoms with E-state index in [1.807, 2.05) is 0 Å². The van der Waals surface area contributed by atoms with Gasteiger partial charge in [0.25, 0.3) is 0 Å². The maximum Gasteiger partial charge on any atom is 0.435 e. The fourth-order valence-corrected chi connectivity index (χ4v) is 2.53. The Kier molecular flexibility index (Phi) is 4.45. The van der Waals surface area contributed by atoms with Gasteiger partial charge in [0.1, 0.15) is 5.56 Å². The summed E-state index contributed by atoms with van der Waals surface area (Å²) in [5.74, 6) is -4.79. The number of nitrogens with zero attached hydrogens (tertiary/aromatic N) is 3. The number of aromatic nitrogens is 2. The van der Waals surface area contributed by atoms with Crippen molar-refractivity contribution in [3.63, 3.8) is 0 Å². The molecule has 1 aliphatic heterocycles. The second-order valence-electron chi connectivity index (χ2n) is 5.37. The molecule has 0 saturated carbocycles. The highest BCUT2D eigenvalue weighted by molar-refractivity contribution is 5.95. The van der Waals surface area contributed by atoms with Gasteiger partial charge in [-0.25, -0.2) is 13.6 Å². The molecular weight excluding hydrogens is 325 g/mol. The number of carboxylic acids is 1. The molecular formula is C13H14F5N3O2. The van der Waals surface area contributed by atoms with Crippen LogP contribution in [0.25, 0.3) is 0 Å². The Labute approximate surface area is 128 Å². The second kappa shape index (κ2) is 5.89. The zero-order chi connectivity index (χ0) is 17.4. The number of hydrogen-bond donors (Lipinski definition) is 1. The summed E-state index contributed by atoms with van der Waals surface area (Å²) < 4.78 is 65.2. The Morgan fingerprint density at radius 3 is 2.43 bits per heavy atom. The highest BCUT2D eigenvalue weighted by atomic mass is 19.4. The predicted molar refractivity (Wildman–Crippen MR) is 69.7 cm³/mol. The number of alkyl halides is 5. The molecule has 0 atom stereocenters. The van der Waals surface area contributed by atoms with E-state index in [1.165, 1.54) is 4.90 Å². The molecule has 0 amide bonds. The zero-order valence-corrected chi connectivity index (χ0v) is 12.1. The fourth-order valence-electron chi connectivity index (χ4n) is 2.53. The van der Waals surface area contributed by atoms with Crippen LogP contribution in [-0.4, -0.2) is 40.3 Å².